The highest BCUT2D eigenvalue weighted by Gasteiger charge is 2.14. The van der Waals surface area contributed by atoms with Gasteiger partial charge in [0.15, 0.2) is 0 Å². The highest BCUT2D eigenvalue weighted by Crippen LogP contribution is 2.22. The largest absolute Gasteiger partial charge is 0.489 e. The van der Waals surface area contributed by atoms with E-state index in [4.69, 9.17) is 9.57 Å². The van der Waals surface area contributed by atoms with Gasteiger partial charge in [-0.1, -0.05) is 30.3 Å². The Morgan fingerprint density at radius 3 is 2.52 bits per heavy atom. The zero-order valence-corrected chi connectivity index (χ0v) is 16.3. The van der Waals surface area contributed by atoms with E-state index in [1.807, 2.05) is 71.3 Å². The first-order chi connectivity index (χ1) is 14.2. The standard InChI is InChI=1S/C23H21N3O3/c1-25(28-2)23(27)18-8-13-21-22(14-18)26(16-24-21)19-9-11-20(12-10-19)29-15-17-6-4-3-5-7-17/h3-14,16H,15H2,1-2H3. The Morgan fingerprint density at radius 2 is 1.79 bits per heavy atom. The summed E-state index contributed by atoms with van der Waals surface area (Å²) in [5.74, 6) is 0.575. The molecule has 29 heavy (non-hydrogen) atoms. The van der Waals surface area contributed by atoms with E-state index in [1.54, 1.807) is 19.4 Å². The zero-order valence-electron chi connectivity index (χ0n) is 16.3. The number of hydrogen-bond acceptors (Lipinski definition) is 4. The number of hydroxylamine groups is 2. The van der Waals surface area contributed by atoms with E-state index in [1.165, 1.54) is 12.2 Å². The van der Waals surface area contributed by atoms with Gasteiger partial charge in [-0.3, -0.25) is 14.2 Å². The van der Waals surface area contributed by atoms with Crippen LogP contribution in [0.4, 0.5) is 0 Å². The molecule has 0 saturated carbocycles. The highest BCUT2D eigenvalue weighted by atomic mass is 16.7. The van der Waals surface area contributed by atoms with Crippen LogP contribution < -0.4 is 4.74 Å². The number of rotatable bonds is 6. The van der Waals surface area contributed by atoms with Crippen molar-refractivity contribution in [1.29, 1.82) is 0 Å². The number of carbonyl (C=O) groups excluding carboxylic acids is 1. The van der Waals surface area contributed by atoms with Crippen LogP contribution in [0.15, 0.2) is 79.1 Å². The molecule has 0 unspecified atom stereocenters. The van der Waals surface area contributed by atoms with Gasteiger partial charge in [-0.05, 0) is 48.0 Å². The fourth-order valence-electron chi connectivity index (χ4n) is 3.06. The number of fused-ring (bicyclic) bond motifs is 1. The monoisotopic (exact) mass is 387 g/mol. The predicted octanol–water partition coefficient (Wildman–Crippen LogP) is 4.24. The Morgan fingerprint density at radius 1 is 1.03 bits per heavy atom. The molecule has 3 aromatic carbocycles. The van der Waals surface area contributed by atoms with Crippen LogP contribution >= 0.6 is 0 Å². The van der Waals surface area contributed by atoms with Gasteiger partial charge in [0.05, 0.1) is 18.1 Å². The Hall–Kier alpha value is -3.64. The lowest BCUT2D eigenvalue weighted by Crippen LogP contribution is -2.25. The third-order valence-electron chi connectivity index (χ3n) is 4.72. The summed E-state index contributed by atoms with van der Waals surface area (Å²) in [6, 6.07) is 23.2. The van der Waals surface area contributed by atoms with Gasteiger partial charge in [0.2, 0.25) is 0 Å². The van der Waals surface area contributed by atoms with Crippen molar-refractivity contribution < 1.29 is 14.4 Å². The molecule has 1 aromatic heterocycles. The van der Waals surface area contributed by atoms with Crippen LogP contribution in [0, 0.1) is 0 Å². The maximum absolute atomic E-state index is 12.4. The molecule has 0 aliphatic heterocycles. The van der Waals surface area contributed by atoms with Crippen molar-refractivity contribution in [3.63, 3.8) is 0 Å². The molecule has 1 heterocycles. The Labute approximate surface area is 168 Å². The summed E-state index contributed by atoms with van der Waals surface area (Å²) < 4.78 is 7.80. The van der Waals surface area contributed by atoms with E-state index in [9.17, 15) is 4.79 Å². The summed E-state index contributed by atoms with van der Waals surface area (Å²) in [5.41, 5.74) is 4.25. The fourth-order valence-corrected chi connectivity index (χ4v) is 3.06. The molecule has 146 valence electrons. The topological polar surface area (TPSA) is 56.6 Å². The van der Waals surface area contributed by atoms with E-state index >= 15 is 0 Å². The lowest BCUT2D eigenvalue weighted by atomic mass is 10.2. The average molecular weight is 387 g/mol. The van der Waals surface area contributed by atoms with Crippen LogP contribution in [0.25, 0.3) is 16.7 Å². The lowest BCUT2D eigenvalue weighted by molar-refractivity contribution is -0.0756. The Balaban J connectivity index is 1.57. The summed E-state index contributed by atoms with van der Waals surface area (Å²) in [7, 11) is 3.04. The molecular weight excluding hydrogens is 366 g/mol. The number of benzene rings is 3. The second-order valence-electron chi connectivity index (χ2n) is 6.57. The van der Waals surface area contributed by atoms with Crippen LogP contribution in [-0.2, 0) is 11.4 Å². The predicted molar refractivity (Wildman–Crippen MR) is 111 cm³/mol. The maximum atomic E-state index is 12.4. The highest BCUT2D eigenvalue weighted by molar-refractivity contribution is 5.97. The number of imidazole rings is 1. The molecule has 0 radical (unpaired) electrons. The van der Waals surface area contributed by atoms with Gasteiger partial charge >= 0.3 is 0 Å². The number of nitrogens with zero attached hydrogens (tertiary/aromatic N) is 3. The average Bonchev–Trinajstić information content (AvgIpc) is 3.21. The molecule has 0 saturated heterocycles. The molecule has 4 aromatic rings. The van der Waals surface area contributed by atoms with Gasteiger partial charge in [-0.25, -0.2) is 10.0 Å². The van der Waals surface area contributed by atoms with Crippen LogP contribution in [0.3, 0.4) is 0 Å². The van der Waals surface area contributed by atoms with Crippen molar-refractivity contribution >= 4 is 16.9 Å². The van der Waals surface area contributed by atoms with Crippen LogP contribution in [0.5, 0.6) is 5.75 Å². The summed E-state index contributed by atoms with van der Waals surface area (Å²) in [6.45, 7) is 0.521. The van der Waals surface area contributed by atoms with E-state index in [2.05, 4.69) is 4.98 Å². The molecule has 6 heteroatoms. The molecule has 0 aliphatic carbocycles. The van der Waals surface area contributed by atoms with Crippen molar-refractivity contribution in [1.82, 2.24) is 14.6 Å². The maximum Gasteiger partial charge on any atom is 0.277 e. The van der Waals surface area contributed by atoms with Gasteiger partial charge in [0.1, 0.15) is 18.7 Å². The van der Waals surface area contributed by atoms with E-state index in [0.29, 0.717) is 12.2 Å². The fraction of sp³-hybridized carbons (Fsp3) is 0.130. The zero-order chi connectivity index (χ0) is 20.2. The number of amides is 1. The Bertz CT molecular complexity index is 1120. The normalized spacial score (nSPS) is 10.8. The molecule has 4 rings (SSSR count). The molecule has 0 N–H and O–H groups in total. The van der Waals surface area contributed by atoms with E-state index in [0.717, 1.165) is 28.0 Å². The van der Waals surface area contributed by atoms with Gasteiger partial charge in [-0.2, -0.15) is 0 Å². The minimum atomic E-state index is -0.216. The van der Waals surface area contributed by atoms with E-state index < -0.39 is 0 Å². The van der Waals surface area contributed by atoms with E-state index in [-0.39, 0.29) is 5.91 Å². The third-order valence-corrected chi connectivity index (χ3v) is 4.72. The quantitative estimate of drug-likeness (QED) is 0.465. The summed E-state index contributed by atoms with van der Waals surface area (Å²) >= 11 is 0. The first-order valence-corrected chi connectivity index (χ1v) is 9.22. The molecule has 1 amide bonds. The number of carbonyl (C=O) groups is 1. The third kappa shape index (κ3) is 3.97. The number of hydrogen-bond donors (Lipinski definition) is 0. The molecule has 0 bridgehead atoms. The second-order valence-corrected chi connectivity index (χ2v) is 6.57. The molecule has 0 atom stereocenters. The van der Waals surface area contributed by atoms with Crippen molar-refractivity contribution in [2.75, 3.05) is 14.2 Å². The van der Waals surface area contributed by atoms with Crippen LogP contribution in [0.1, 0.15) is 15.9 Å². The lowest BCUT2D eigenvalue weighted by Gasteiger charge is -2.13. The molecule has 0 spiro atoms. The van der Waals surface area contributed by atoms with Crippen LogP contribution in [0.2, 0.25) is 0 Å². The van der Waals surface area contributed by atoms with Crippen molar-refractivity contribution in [3.05, 3.63) is 90.3 Å². The van der Waals surface area contributed by atoms with Gasteiger partial charge in [0, 0.05) is 18.3 Å². The SMILES string of the molecule is CON(C)C(=O)c1ccc2ncn(-c3ccc(OCc4ccccc4)cc3)c2c1. The van der Waals surface area contributed by atoms with Crippen LogP contribution in [-0.4, -0.2) is 34.7 Å². The molecule has 0 fully saturated rings. The summed E-state index contributed by atoms with van der Waals surface area (Å²) in [5, 5.41) is 1.20. The smallest absolute Gasteiger partial charge is 0.277 e. The van der Waals surface area contributed by atoms with Gasteiger partial charge in [0.25, 0.3) is 5.91 Å². The minimum absolute atomic E-state index is 0.216. The molecular formula is C23H21N3O3. The second kappa shape index (κ2) is 8.16. The van der Waals surface area contributed by atoms with Gasteiger partial charge in [-0.15, -0.1) is 0 Å². The minimum Gasteiger partial charge on any atom is -0.489 e. The first-order valence-electron chi connectivity index (χ1n) is 9.22. The molecule has 0 aliphatic rings. The van der Waals surface area contributed by atoms with Crippen molar-refractivity contribution in [2.24, 2.45) is 0 Å². The first kappa shape index (κ1) is 18.7. The molecule has 6 nitrogen and oxygen atoms in total. The number of aromatic nitrogens is 2. The summed E-state index contributed by atoms with van der Waals surface area (Å²) in [6.07, 6.45) is 1.75. The summed E-state index contributed by atoms with van der Waals surface area (Å²) in [4.78, 5) is 21.8. The van der Waals surface area contributed by atoms with Crippen molar-refractivity contribution in [3.8, 4) is 11.4 Å². The van der Waals surface area contributed by atoms with Crippen molar-refractivity contribution in [2.45, 2.75) is 6.61 Å². The Kier molecular flexibility index (Phi) is 5.27. The number of ether oxygens (including phenoxy) is 1. The van der Waals surface area contributed by atoms with Gasteiger partial charge < -0.3 is 4.74 Å².